The molecule has 0 spiro atoms. The molecule has 1 aromatic carbocycles. The topological polar surface area (TPSA) is 49.3 Å². The molecule has 6 heteroatoms. The molecule has 1 amide bonds. The van der Waals surface area contributed by atoms with E-state index in [1.807, 2.05) is 29.0 Å². The number of aliphatic hydroxyl groups is 1. The lowest BCUT2D eigenvalue weighted by atomic mass is 10.2. The van der Waals surface area contributed by atoms with E-state index in [2.05, 4.69) is 5.32 Å². The van der Waals surface area contributed by atoms with Crippen molar-refractivity contribution in [2.45, 2.75) is 12.6 Å². The molecule has 0 radical (unpaired) electrons. The summed E-state index contributed by atoms with van der Waals surface area (Å²) < 4.78 is 0. The van der Waals surface area contributed by atoms with Crippen LogP contribution in [0.2, 0.25) is 5.02 Å². The molecule has 118 valence electrons. The lowest BCUT2D eigenvalue weighted by molar-refractivity contribution is 0.0951. The summed E-state index contributed by atoms with van der Waals surface area (Å²) in [5.41, 5.74) is 1.43. The van der Waals surface area contributed by atoms with Gasteiger partial charge in [0.1, 0.15) is 6.10 Å². The van der Waals surface area contributed by atoms with Crippen LogP contribution in [0.15, 0.2) is 53.2 Å². The Morgan fingerprint density at radius 3 is 2.87 bits per heavy atom. The summed E-state index contributed by atoms with van der Waals surface area (Å²) in [5, 5.41) is 17.6. The molecule has 0 unspecified atom stereocenters. The van der Waals surface area contributed by atoms with Crippen molar-refractivity contribution in [2.24, 2.45) is 0 Å². The fourth-order valence-corrected chi connectivity index (χ4v) is 3.97. The van der Waals surface area contributed by atoms with Crippen molar-refractivity contribution < 1.29 is 9.90 Å². The molecule has 3 aromatic rings. The highest BCUT2D eigenvalue weighted by Gasteiger charge is 2.14. The van der Waals surface area contributed by atoms with Crippen LogP contribution in [0.5, 0.6) is 0 Å². The van der Waals surface area contributed by atoms with E-state index < -0.39 is 6.10 Å². The van der Waals surface area contributed by atoms with E-state index >= 15 is 0 Å². The Balaban J connectivity index is 1.62. The highest BCUT2D eigenvalue weighted by molar-refractivity contribution is 7.12. The minimum Gasteiger partial charge on any atom is -0.383 e. The average Bonchev–Trinajstić information content (AvgIpc) is 3.23. The third kappa shape index (κ3) is 4.00. The summed E-state index contributed by atoms with van der Waals surface area (Å²) in [6, 6.07) is 12.6. The van der Waals surface area contributed by atoms with E-state index in [-0.39, 0.29) is 5.91 Å². The number of amides is 1. The molecule has 0 bridgehead atoms. The van der Waals surface area contributed by atoms with Crippen molar-refractivity contribution in [3.05, 3.63) is 79.1 Å². The minimum absolute atomic E-state index is 0.166. The molecular formula is C17H14ClNO2S2. The second-order valence-corrected chi connectivity index (χ2v) is 7.37. The largest absolute Gasteiger partial charge is 0.383 e. The summed E-state index contributed by atoms with van der Waals surface area (Å²) in [4.78, 5) is 13.9. The highest BCUT2D eigenvalue weighted by Crippen LogP contribution is 2.29. The van der Waals surface area contributed by atoms with Crippen LogP contribution in [0.3, 0.4) is 0 Å². The molecule has 2 aromatic heterocycles. The first-order chi connectivity index (χ1) is 11.1. The molecular weight excluding hydrogens is 350 g/mol. The number of halogens is 1. The molecule has 0 saturated heterocycles. The first-order valence-electron chi connectivity index (χ1n) is 6.96. The standard InChI is InChI=1S/C17H14ClNO2S2/c18-13-3-1-2-11(8-13)17(21)19-9-14-4-5-15(23-14)16(20)12-6-7-22-10-12/h1-8,10,16,20H,9H2,(H,19,21)/t16-/m1/s1. The molecule has 2 N–H and O–H groups in total. The van der Waals surface area contributed by atoms with Gasteiger partial charge in [0.15, 0.2) is 0 Å². The van der Waals surface area contributed by atoms with Gasteiger partial charge in [0.2, 0.25) is 0 Å². The molecule has 0 fully saturated rings. The molecule has 3 rings (SSSR count). The van der Waals surface area contributed by atoms with Gasteiger partial charge in [-0.15, -0.1) is 11.3 Å². The van der Waals surface area contributed by atoms with E-state index in [0.29, 0.717) is 17.1 Å². The van der Waals surface area contributed by atoms with Crippen molar-refractivity contribution in [3.8, 4) is 0 Å². The van der Waals surface area contributed by atoms with Gasteiger partial charge in [-0.3, -0.25) is 4.79 Å². The summed E-state index contributed by atoms with van der Waals surface area (Å²) in [6.07, 6.45) is -0.608. The summed E-state index contributed by atoms with van der Waals surface area (Å²) in [5.74, 6) is -0.166. The van der Waals surface area contributed by atoms with Crippen molar-refractivity contribution in [2.75, 3.05) is 0 Å². The number of benzene rings is 1. The third-order valence-corrected chi connectivity index (χ3v) is 5.40. The van der Waals surface area contributed by atoms with Gasteiger partial charge in [-0.05, 0) is 52.7 Å². The number of aliphatic hydroxyl groups excluding tert-OH is 1. The molecule has 0 saturated carbocycles. The molecule has 2 heterocycles. The summed E-state index contributed by atoms with van der Waals surface area (Å²) >= 11 is 8.94. The average molecular weight is 364 g/mol. The zero-order chi connectivity index (χ0) is 16.2. The van der Waals surface area contributed by atoms with Crippen LogP contribution in [-0.4, -0.2) is 11.0 Å². The molecule has 0 aliphatic heterocycles. The Kier molecular flexibility index (Phi) is 5.13. The van der Waals surface area contributed by atoms with Crippen LogP contribution >= 0.6 is 34.3 Å². The van der Waals surface area contributed by atoms with Crippen LogP contribution in [0.4, 0.5) is 0 Å². The van der Waals surface area contributed by atoms with Crippen molar-refractivity contribution >= 4 is 40.2 Å². The quantitative estimate of drug-likeness (QED) is 0.702. The van der Waals surface area contributed by atoms with Gasteiger partial charge in [-0.1, -0.05) is 17.7 Å². The van der Waals surface area contributed by atoms with Gasteiger partial charge in [0.05, 0.1) is 6.54 Å². The zero-order valence-corrected chi connectivity index (χ0v) is 14.4. The number of rotatable bonds is 5. The number of carbonyl (C=O) groups excluding carboxylic acids is 1. The monoisotopic (exact) mass is 363 g/mol. The van der Waals surface area contributed by atoms with Gasteiger partial charge in [-0.2, -0.15) is 11.3 Å². The second-order valence-electron chi connectivity index (χ2n) is 4.96. The predicted molar refractivity (Wildman–Crippen MR) is 95.3 cm³/mol. The number of nitrogens with one attached hydrogen (secondary N) is 1. The lowest BCUT2D eigenvalue weighted by Crippen LogP contribution is -2.22. The highest BCUT2D eigenvalue weighted by atomic mass is 35.5. The third-order valence-electron chi connectivity index (χ3n) is 3.32. The van der Waals surface area contributed by atoms with Gasteiger partial charge in [-0.25, -0.2) is 0 Å². The summed E-state index contributed by atoms with van der Waals surface area (Å²) in [6.45, 7) is 0.423. The maximum Gasteiger partial charge on any atom is 0.251 e. The fraction of sp³-hybridized carbons (Fsp3) is 0.118. The smallest absolute Gasteiger partial charge is 0.251 e. The minimum atomic E-state index is -0.608. The molecule has 3 nitrogen and oxygen atoms in total. The Labute approximate surface area is 147 Å². The van der Waals surface area contributed by atoms with E-state index in [4.69, 9.17) is 11.6 Å². The van der Waals surface area contributed by atoms with Gasteiger partial charge >= 0.3 is 0 Å². The van der Waals surface area contributed by atoms with Gasteiger partial charge in [0.25, 0.3) is 5.91 Å². The van der Waals surface area contributed by atoms with Crippen LogP contribution in [0.25, 0.3) is 0 Å². The van der Waals surface area contributed by atoms with Crippen molar-refractivity contribution in [1.82, 2.24) is 5.32 Å². The number of carbonyl (C=O) groups is 1. The number of hydrogen-bond donors (Lipinski definition) is 2. The molecule has 0 aliphatic carbocycles. The Morgan fingerprint density at radius 2 is 2.13 bits per heavy atom. The van der Waals surface area contributed by atoms with Gasteiger partial charge < -0.3 is 10.4 Å². The summed E-state index contributed by atoms with van der Waals surface area (Å²) in [7, 11) is 0. The molecule has 0 aliphatic rings. The zero-order valence-electron chi connectivity index (χ0n) is 12.0. The van der Waals surface area contributed by atoms with E-state index in [0.717, 1.165) is 15.3 Å². The number of thiophene rings is 2. The van der Waals surface area contributed by atoms with Crippen LogP contribution < -0.4 is 5.32 Å². The maximum absolute atomic E-state index is 12.1. The van der Waals surface area contributed by atoms with E-state index in [1.54, 1.807) is 35.6 Å². The van der Waals surface area contributed by atoms with Gasteiger partial charge in [0, 0.05) is 20.3 Å². The van der Waals surface area contributed by atoms with E-state index in [9.17, 15) is 9.90 Å². The SMILES string of the molecule is O=C(NCc1ccc([C@H](O)c2ccsc2)s1)c1cccc(Cl)c1. The normalized spacial score (nSPS) is 12.1. The maximum atomic E-state index is 12.1. The Morgan fingerprint density at radius 1 is 1.26 bits per heavy atom. The lowest BCUT2D eigenvalue weighted by Gasteiger charge is -2.06. The first-order valence-corrected chi connectivity index (χ1v) is 9.10. The van der Waals surface area contributed by atoms with Crippen LogP contribution in [0.1, 0.15) is 31.8 Å². The van der Waals surface area contributed by atoms with Crippen LogP contribution in [-0.2, 0) is 6.54 Å². The fourth-order valence-electron chi connectivity index (χ4n) is 2.13. The Hall–Kier alpha value is -1.66. The van der Waals surface area contributed by atoms with E-state index in [1.165, 1.54) is 11.3 Å². The van der Waals surface area contributed by atoms with Crippen molar-refractivity contribution in [3.63, 3.8) is 0 Å². The Bertz CT molecular complexity index is 799. The number of hydrogen-bond acceptors (Lipinski definition) is 4. The van der Waals surface area contributed by atoms with Crippen LogP contribution in [0, 0.1) is 0 Å². The second kappa shape index (κ2) is 7.27. The van der Waals surface area contributed by atoms with Crippen molar-refractivity contribution in [1.29, 1.82) is 0 Å². The molecule has 1 atom stereocenters. The first kappa shape index (κ1) is 16.2. The predicted octanol–water partition coefficient (Wildman–Crippen LogP) is 4.47. The molecule has 23 heavy (non-hydrogen) atoms.